The Hall–Kier alpha value is -2.95. The van der Waals surface area contributed by atoms with Gasteiger partial charge in [-0.05, 0) is 57.3 Å². The van der Waals surface area contributed by atoms with Gasteiger partial charge in [0.05, 0.1) is 23.7 Å². The molecule has 0 saturated carbocycles. The first-order valence-corrected chi connectivity index (χ1v) is 13.6. The molecule has 4 aromatic rings. The highest BCUT2D eigenvalue weighted by Gasteiger charge is 2.21. The first-order chi connectivity index (χ1) is 17.0. The Morgan fingerprint density at radius 1 is 1.06 bits per heavy atom. The van der Waals surface area contributed by atoms with Gasteiger partial charge in [0, 0.05) is 13.1 Å². The van der Waals surface area contributed by atoms with Crippen molar-refractivity contribution in [3.05, 3.63) is 68.9 Å². The first-order valence-electron chi connectivity index (χ1n) is 11.4. The number of carbonyl (C=O) groups excluding carboxylic acids is 1. The molecular weight excluding hydrogens is 501 g/mol. The summed E-state index contributed by atoms with van der Waals surface area (Å²) in [6.07, 6.45) is 0. The molecule has 0 aliphatic heterocycles. The van der Waals surface area contributed by atoms with E-state index in [4.69, 9.17) is 21.9 Å². The number of benzene rings is 2. The van der Waals surface area contributed by atoms with Gasteiger partial charge in [0.2, 0.25) is 5.91 Å². The second-order valence-corrected chi connectivity index (χ2v) is 10.1. The van der Waals surface area contributed by atoms with Gasteiger partial charge in [-0.3, -0.25) is 18.7 Å². The molecule has 2 aromatic carbocycles. The number of fused-ring (bicyclic) bond motifs is 1. The zero-order valence-electron chi connectivity index (χ0n) is 19.8. The third-order valence-corrected chi connectivity index (χ3v) is 7.71. The Morgan fingerprint density at radius 2 is 1.74 bits per heavy atom. The Labute approximate surface area is 217 Å². The summed E-state index contributed by atoms with van der Waals surface area (Å²) in [7, 11) is 0. The number of hydrogen-bond acceptors (Lipinski definition) is 7. The number of amides is 1. The van der Waals surface area contributed by atoms with E-state index in [1.54, 1.807) is 14.0 Å². The summed E-state index contributed by atoms with van der Waals surface area (Å²) in [5.74, 6) is 0.830. The third kappa shape index (κ3) is 5.05. The summed E-state index contributed by atoms with van der Waals surface area (Å²) >= 11 is 8.16. The summed E-state index contributed by atoms with van der Waals surface area (Å²) < 4.78 is 10.1. The normalized spacial score (nSPS) is 11.1. The maximum absolute atomic E-state index is 13.8. The number of carbonyl (C=O) groups is 1. The van der Waals surface area contributed by atoms with Crippen molar-refractivity contribution in [3.63, 3.8) is 0 Å². The Kier molecular flexibility index (Phi) is 8.04. The highest BCUT2D eigenvalue weighted by Crippen LogP contribution is 2.31. The summed E-state index contributed by atoms with van der Waals surface area (Å²) in [4.78, 5) is 33.2. The van der Waals surface area contributed by atoms with E-state index < -0.39 is 0 Å². The van der Waals surface area contributed by atoms with Gasteiger partial charge in [0.25, 0.3) is 5.56 Å². The van der Waals surface area contributed by atoms with E-state index in [1.807, 2.05) is 75.4 Å². The van der Waals surface area contributed by atoms with E-state index in [2.05, 4.69) is 0 Å². The molecule has 0 radical (unpaired) electrons. The quantitative estimate of drug-likeness (QED) is 0.167. The van der Waals surface area contributed by atoms with Crippen LogP contribution in [0.1, 0.15) is 20.8 Å². The van der Waals surface area contributed by atoms with Gasteiger partial charge in [-0.2, -0.15) is 0 Å². The number of ether oxygens (including phenoxy) is 1. The lowest BCUT2D eigenvalue weighted by molar-refractivity contribution is -0.127. The summed E-state index contributed by atoms with van der Waals surface area (Å²) in [6.45, 7) is 7.57. The van der Waals surface area contributed by atoms with Crippen LogP contribution in [0.2, 0.25) is 0 Å². The maximum Gasteiger partial charge on any atom is 0.278 e. The molecule has 35 heavy (non-hydrogen) atoms. The number of nitrogens with zero attached hydrogens (tertiary/aromatic N) is 4. The summed E-state index contributed by atoms with van der Waals surface area (Å²) in [6, 6.07) is 16.9. The van der Waals surface area contributed by atoms with Gasteiger partial charge in [-0.15, -0.1) is 0 Å². The largest absolute Gasteiger partial charge is 0.492 e. The predicted molar refractivity (Wildman–Crippen MR) is 145 cm³/mol. The van der Waals surface area contributed by atoms with Crippen LogP contribution in [-0.4, -0.2) is 50.4 Å². The number of rotatable bonds is 9. The molecule has 0 unspecified atom stereocenters. The van der Waals surface area contributed by atoms with Gasteiger partial charge in [0.1, 0.15) is 10.4 Å². The van der Waals surface area contributed by atoms with E-state index in [0.29, 0.717) is 50.6 Å². The van der Waals surface area contributed by atoms with Crippen LogP contribution in [0, 0.1) is 3.95 Å². The van der Waals surface area contributed by atoms with Crippen LogP contribution in [0.3, 0.4) is 0 Å². The van der Waals surface area contributed by atoms with Crippen molar-refractivity contribution in [2.45, 2.75) is 25.9 Å². The van der Waals surface area contributed by atoms with Crippen molar-refractivity contribution < 1.29 is 9.53 Å². The van der Waals surface area contributed by atoms with Crippen LogP contribution in [0.15, 0.2) is 64.5 Å². The maximum atomic E-state index is 13.8. The zero-order chi connectivity index (χ0) is 24.9. The topological polar surface area (TPSA) is 69.4 Å². The van der Waals surface area contributed by atoms with Crippen LogP contribution in [0.25, 0.3) is 21.7 Å². The minimum Gasteiger partial charge on any atom is -0.492 e. The highest BCUT2D eigenvalue weighted by atomic mass is 32.2. The van der Waals surface area contributed by atoms with E-state index in [-0.39, 0.29) is 17.2 Å². The van der Waals surface area contributed by atoms with Gasteiger partial charge in [-0.25, -0.2) is 4.98 Å². The van der Waals surface area contributed by atoms with Crippen LogP contribution >= 0.6 is 35.3 Å². The number of thiazole rings is 1. The van der Waals surface area contributed by atoms with Gasteiger partial charge < -0.3 is 9.64 Å². The lowest BCUT2D eigenvalue weighted by Crippen LogP contribution is -2.32. The molecule has 0 fully saturated rings. The van der Waals surface area contributed by atoms with Crippen molar-refractivity contribution in [1.29, 1.82) is 0 Å². The SMILES string of the molecule is CCOc1ccccc1-n1c(=S)sc2c(=O)n(-c3ccccc3)c(SCC(=O)N(CC)CC)nc21. The molecule has 0 atom stereocenters. The summed E-state index contributed by atoms with van der Waals surface area (Å²) in [5, 5.41) is 0.435. The monoisotopic (exact) mass is 526 g/mol. The molecule has 1 amide bonds. The van der Waals surface area contributed by atoms with Crippen molar-refractivity contribution in [1.82, 2.24) is 19.0 Å². The number of thioether (sulfide) groups is 1. The fraction of sp³-hybridized carbons (Fsp3) is 0.280. The lowest BCUT2D eigenvalue weighted by Gasteiger charge is -2.19. The van der Waals surface area contributed by atoms with Crippen LogP contribution in [-0.2, 0) is 4.79 Å². The van der Waals surface area contributed by atoms with Crippen LogP contribution in [0.4, 0.5) is 0 Å². The molecule has 0 spiro atoms. The minimum absolute atomic E-state index is 0.00203. The Morgan fingerprint density at radius 3 is 2.43 bits per heavy atom. The second kappa shape index (κ2) is 11.2. The summed E-state index contributed by atoms with van der Waals surface area (Å²) in [5.41, 5.74) is 1.65. The fourth-order valence-corrected chi connectivity index (χ4v) is 5.96. The van der Waals surface area contributed by atoms with Crippen molar-refractivity contribution in [2.75, 3.05) is 25.4 Å². The zero-order valence-corrected chi connectivity index (χ0v) is 22.2. The number of hydrogen-bond donors (Lipinski definition) is 0. The van der Waals surface area contributed by atoms with Gasteiger partial charge >= 0.3 is 0 Å². The molecular formula is C25H26N4O3S3. The predicted octanol–water partition coefficient (Wildman–Crippen LogP) is 5.33. The van der Waals surface area contributed by atoms with Crippen molar-refractivity contribution in [3.8, 4) is 17.1 Å². The third-order valence-electron chi connectivity index (χ3n) is 5.44. The number of para-hydroxylation sites is 3. The highest BCUT2D eigenvalue weighted by molar-refractivity contribution is 7.99. The fourth-order valence-electron chi connectivity index (χ4n) is 3.76. The molecule has 0 saturated heterocycles. The van der Waals surface area contributed by atoms with E-state index >= 15 is 0 Å². The molecule has 10 heteroatoms. The van der Waals surface area contributed by atoms with Crippen molar-refractivity contribution >= 4 is 51.6 Å². The molecule has 2 aromatic heterocycles. The molecule has 0 aliphatic rings. The molecule has 0 N–H and O–H groups in total. The van der Waals surface area contributed by atoms with Crippen molar-refractivity contribution in [2.24, 2.45) is 0 Å². The average Bonchev–Trinajstić information content (AvgIpc) is 3.20. The van der Waals surface area contributed by atoms with Gasteiger partial charge in [-0.1, -0.05) is 53.4 Å². The second-order valence-electron chi connectivity index (χ2n) is 7.48. The minimum atomic E-state index is -0.220. The molecule has 0 aliphatic carbocycles. The number of aromatic nitrogens is 3. The molecule has 2 heterocycles. The average molecular weight is 527 g/mol. The Bertz CT molecular complexity index is 1460. The van der Waals surface area contributed by atoms with E-state index in [9.17, 15) is 9.59 Å². The van der Waals surface area contributed by atoms with E-state index in [0.717, 1.165) is 5.69 Å². The van der Waals surface area contributed by atoms with Gasteiger partial charge in [0.15, 0.2) is 14.8 Å². The Balaban J connectivity index is 1.93. The molecule has 7 nitrogen and oxygen atoms in total. The molecule has 182 valence electrons. The van der Waals surface area contributed by atoms with Crippen LogP contribution < -0.4 is 10.3 Å². The molecule has 0 bridgehead atoms. The smallest absolute Gasteiger partial charge is 0.278 e. The van der Waals surface area contributed by atoms with Crippen LogP contribution in [0.5, 0.6) is 5.75 Å². The first kappa shape index (κ1) is 25.2. The standard InChI is InChI=1S/C25H26N4O3S3/c1-4-27(5-2)20(30)16-34-24-26-22-21(23(31)28(24)17-12-8-7-9-13-17)35-25(33)29(22)18-14-10-11-15-19(18)32-6-3/h7-15H,4-6,16H2,1-3H3. The van der Waals surface area contributed by atoms with E-state index in [1.165, 1.54) is 23.1 Å². The lowest BCUT2D eigenvalue weighted by atomic mass is 10.3. The molecule has 4 rings (SSSR count).